The molecule has 258 valence electrons. The Morgan fingerprint density at radius 3 is 1.83 bits per heavy atom. The van der Waals surface area contributed by atoms with E-state index in [1.54, 1.807) is 11.1 Å². The quantitative estimate of drug-likeness (QED) is 0.183. The first-order chi connectivity index (χ1) is 26.7. The minimum absolute atomic E-state index is 0.167. The highest BCUT2D eigenvalue weighted by molar-refractivity contribution is 6.00. The van der Waals surface area contributed by atoms with Gasteiger partial charge in [-0.2, -0.15) is 0 Å². The SMILES string of the molecule is c1cc(-c2ccc3c4c(ccc3c2)-c2ccccc2C42C3CC4CC(C3)CC2C4)cc(-c2ccccc2-c2ccc(-c3cccc4ccccc34)nn2)c1. The van der Waals surface area contributed by atoms with Gasteiger partial charge < -0.3 is 0 Å². The summed E-state index contributed by atoms with van der Waals surface area (Å²) in [6, 6.07) is 58.3. The van der Waals surface area contributed by atoms with Gasteiger partial charge in [0, 0.05) is 16.5 Å². The highest BCUT2D eigenvalue weighted by Gasteiger charge is 2.61. The molecule has 13 rings (SSSR count). The van der Waals surface area contributed by atoms with Crippen molar-refractivity contribution in [2.45, 2.75) is 37.5 Å². The molecule has 8 aromatic rings. The normalized spacial score (nSPS) is 23.3. The first-order valence-electron chi connectivity index (χ1n) is 19.9. The van der Waals surface area contributed by atoms with Crippen LogP contribution in [0, 0.1) is 23.7 Å². The van der Waals surface area contributed by atoms with E-state index >= 15 is 0 Å². The summed E-state index contributed by atoms with van der Waals surface area (Å²) in [7, 11) is 0. The maximum absolute atomic E-state index is 4.79. The molecule has 54 heavy (non-hydrogen) atoms. The third kappa shape index (κ3) is 4.34. The summed E-state index contributed by atoms with van der Waals surface area (Å²) in [5.74, 6) is 3.40. The molecular formula is C52H40N2. The predicted molar refractivity (Wildman–Crippen MR) is 222 cm³/mol. The lowest BCUT2D eigenvalue weighted by Crippen LogP contribution is -2.55. The van der Waals surface area contributed by atoms with Crippen LogP contribution in [0.1, 0.15) is 43.2 Å². The van der Waals surface area contributed by atoms with Crippen LogP contribution < -0.4 is 0 Å². The molecule has 5 aliphatic rings. The van der Waals surface area contributed by atoms with E-state index in [9.17, 15) is 0 Å². The zero-order valence-electron chi connectivity index (χ0n) is 30.3. The van der Waals surface area contributed by atoms with Crippen LogP contribution in [0.5, 0.6) is 0 Å². The molecule has 4 fully saturated rings. The third-order valence-corrected chi connectivity index (χ3v) is 14.0. The number of hydrogen-bond acceptors (Lipinski definition) is 2. The van der Waals surface area contributed by atoms with Gasteiger partial charge in [-0.05, 0) is 146 Å². The summed E-state index contributed by atoms with van der Waals surface area (Å²) in [4.78, 5) is 0. The van der Waals surface area contributed by atoms with Crippen LogP contribution in [-0.4, -0.2) is 10.2 Å². The molecule has 2 heteroatoms. The molecule has 0 aliphatic heterocycles. The molecule has 0 N–H and O–H groups in total. The Kier molecular flexibility index (Phi) is 6.55. The van der Waals surface area contributed by atoms with E-state index < -0.39 is 0 Å². The standard InChI is InChI=1S/C52H40N2/c1-2-13-41-34(9-1)10-8-17-46(41)50-24-23-49(53-54-50)45-16-4-3-14-42(45)37-12-7-11-35(30-37)36-19-21-43-38(31-36)20-22-47-44-15-5-6-18-48(44)52(51(43)47)39-26-32-25-33(28-39)29-40(52)27-32/h1-24,30-33,39-40H,25-29H2. The molecule has 1 heterocycles. The van der Waals surface area contributed by atoms with Gasteiger partial charge in [-0.3, -0.25) is 0 Å². The summed E-state index contributed by atoms with van der Waals surface area (Å²) < 4.78 is 0. The molecule has 4 bridgehead atoms. The Labute approximate surface area is 316 Å². The van der Waals surface area contributed by atoms with Crippen molar-refractivity contribution in [3.63, 3.8) is 0 Å². The molecule has 0 atom stereocenters. The van der Waals surface area contributed by atoms with E-state index in [1.807, 2.05) is 0 Å². The summed E-state index contributed by atoms with van der Waals surface area (Å²) in [5, 5.41) is 14.8. The number of benzene rings is 7. The largest absolute Gasteiger partial charge is 0.150 e. The monoisotopic (exact) mass is 692 g/mol. The lowest BCUT2D eigenvalue weighted by atomic mass is 9.43. The fourth-order valence-corrected chi connectivity index (χ4v) is 12.1. The van der Waals surface area contributed by atoms with Crippen molar-refractivity contribution in [1.29, 1.82) is 0 Å². The maximum atomic E-state index is 4.79. The van der Waals surface area contributed by atoms with Crippen molar-refractivity contribution in [3.05, 3.63) is 169 Å². The van der Waals surface area contributed by atoms with E-state index in [2.05, 4.69) is 158 Å². The second kappa shape index (κ2) is 11.6. The average Bonchev–Trinajstić information content (AvgIpc) is 3.53. The first-order valence-corrected chi connectivity index (χ1v) is 19.9. The van der Waals surface area contributed by atoms with Gasteiger partial charge in [-0.1, -0.05) is 133 Å². The Hall–Kier alpha value is -5.86. The minimum atomic E-state index is 0.167. The van der Waals surface area contributed by atoms with Crippen LogP contribution in [0.25, 0.3) is 77.4 Å². The van der Waals surface area contributed by atoms with Gasteiger partial charge >= 0.3 is 0 Å². The fraction of sp³-hybridized carbons (Fsp3) is 0.192. The highest BCUT2D eigenvalue weighted by Crippen LogP contribution is 2.70. The van der Waals surface area contributed by atoms with Crippen molar-refractivity contribution in [2.24, 2.45) is 23.7 Å². The van der Waals surface area contributed by atoms with Crippen LogP contribution in [0.2, 0.25) is 0 Å². The lowest BCUT2D eigenvalue weighted by Gasteiger charge is -2.61. The van der Waals surface area contributed by atoms with Crippen molar-refractivity contribution in [1.82, 2.24) is 10.2 Å². The number of aromatic nitrogens is 2. The van der Waals surface area contributed by atoms with Gasteiger partial charge in [0.25, 0.3) is 0 Å². The molecule has 0 amide bonds. The van der Waals surface area contributed by atoms with Gasteiger partial charge in [-0.15, -0.1) is 10.2 Å². The first kappa shape index (κ1) is 30.6. The van der Waals surface area contributed by atoms with E-state index in [0.717, 1.165) is 51.7 Å². The zero-order chi connectivity index (χ0) is 35.4. The molecule has 0 radical (unpaired) electrons. The zero-order valence-corrected chi connectivity index (χ0v) is 30.3. The second-order valence-electron chi connectivity index (χ2n) is 16.6. The topological polar surface area (TPSA) is 25.8 Å². The molecule has 2 nitrogen and oxygen atoms in total. The summed E-state index contributed by atoms with van der Waals surface area (Å²) in [6.07, 6.45) is 7.10. The fourth-order valence-electron chi connectivity index (χ4n) is 12.1. The van der Waals surface area contributed by atoms with Crippen LogP contribution >= 0.6 is 0 Å². The number of rotatable bonds is 4. The van der Waals surface area contributed by atoms with Crippen LogP contribution in [0.15, 0.2) is 158 Å². The third-order valence-electron chi connectivity index (χ3n) is 14.0. The summed E-state index contributed by atoms with van der Waals surface area (Å²) in [6.45, 7) is 0. The Morgan fingerprint density at radius 2 is 1.02 bits per heavy atom. The molecule has 5 aliphatic carbocycles. The molecule has 1 aromatic heterocycles. The number of nitrogens with zero attached hydrogens (tertiary/aromatic N) is 2. The maximum Gasteiger partial charge on any atom is 0.0936 e. The van der Waals surface area contributed by atoms with Crippen LogP contribution in [0.3, 0.4) is 0 Å². The predicted octanol–water partition coefficient (Wildman–Crippen LogP) is 13.2. The van der Waals surface area contributed by atoms with Gasteiger partial charge in [0.05, 0.1) is 11.4 Å². The van der Waals surface area contributed by atoms with Crippen LogP contribution in [-0.2, 0) is 5.41 Å². The second-order valence-corrected chi connectivity index (χ2v) is 16.6. The van der Waals surface area contributed by atoms with Crippen molar-refractivity contribution in [3.8, 4) is 55.9 Å². The Morgan fingerprint density at radius 1 is 0.389 bits per heavy atom. The smallest absolute Gasteiger partial charge is 0.0936 e. The van der Waals surface area contributed by atoms with Crippen molar-refractivity contribution in [2.75, 3.05) is 0 Å². The van der Waals surface area contributed by atoms with Crippen molar-refractivity contribution >= 4 is 21.5 Å². The molecule has 4 saturated carbocycles. The van der Waals surface area contributed by atoms with Gasteiger partial charge in [0.2, 0.25) is 0 Å². The Bertz CT molecular complexity index is 2760. The van der Waals surface area contributed by atoms with E-state index in [4.69, 9.17) is 10.2 Å². The molecular weight excluding hydrogens is 653 g/mol. The molecule has 0 unspecified atom stereocenters. The van der Waals surface area contributed by atoms with E-state index in [0.29, 0.717) is 0 Å². The van der Waals surface area contributed by atoms with E-state index in [1.165, 1.54) is 81.5 Å². The Balaban J connectivity index is 0.924. The van der Waals surface area contributed by atoms with Gasteiger partial charge in [0.1, 0.15) is 0 Å². The lowest BCUT2D eigenvalue weighted by molar-refractivity contribution is -0.0393. The van der Waals surface area contributed by atoms with Crippen LogP contribution in [0.4, 0.5) is 0 Å². The van der Waals surface area contributed by atoms with E-state index in [-0.39, 0.29) is 5.41 Å². The molecule has 7 aromatic carbocycles. The van der Waals surface area contributed by atoms with Gasteiger partial charge in [0.15, 0.2) is 0 Å². The minimum Gasteiger partial charge on any atom is -0.150 e. The van der Waals surface area contributed by atoms with Crippen molar-refractivity contribution < 1.29 is 0 Å². The summed E-state index contributed by atoms with van der Waals surface area (Å²) >= 11 is 0. The molecule has 1 spiro atoms. The average molecular weight is 693 g/mol. The highest BCUT2D eigenvalue weighted by atomic mass is 15.1. The number of hydrogen-bond donors (Lipinski definition) is 0. The van der Waals surface area contributed by atoms with Gasteiger partial charge in [-0.25, -0.2) is 0 Å². The molecule has 0 saturated heterocycles. The number of fused-ring (bicyclic) bond motifs is 6. The summed E-state index contributed by atoms with van der Waals surface area (Å²) in [5.41, 5.74) is 15.2.